The number of aromatic amines is 1. The number of H-pyrrole nitrogens is 1. The predicted octanol–water partition coefficient (Wildman–Crippen LogP) is 3.06. The molecule has 2 N–H and O–H groups in total. The Balaban J connectivity index is 1.86. The highest BCUT2D eigenvalue weighted by molar-refractivity contribution is 7.98. The van der Waals surface area contributed by atoms with E-state index in [1.807, 2.05) is 12.1 Å². The minimum atomic E-state index is -0.406. The molecule has 2 aromatic heterocycles. The Kier molecular flexibility index (Phi) is 6.54. The van der Waals surface area contributed by atoms with E-state index in [9.17, 15) is 9.59 Å². The van der Waals surface area contributed by atoms with Crippen LogP contribution < -0.4 is 5.32 Å². The summed E-state index contributed by atoms with van der Waals surface area (Å²) in [5, 5.41) is 2.86. The molecule has 2 heterocycles. The molecule has 6 nitrogen and oxygen atoms in total. The van der Waals surface area contributed by atoms with Crippen molar-refractivity contribution in [2.24, 2.45) is 0 Å². The lowest BCUT2D eigenvalue weighted by Crippen LogP contribution is -2.26. The molecule has 0 radical (unpaired) electrons. The lowest BCUT2D eigenvalue weighted by Gasteiger charge is -2.05. The molecule has 2 rings (SSSR count). The number of esters is 1. The van der Waals surface area contributed by atoms with Gasteiger partial charge in [0.05, 0.1) is 24.2 Å². The molecule has 0 aliphatic heterocycles. The van der Waals surface area contributed by atoms with Crippen molar-refractivity contribution in [1.82, 2.24) is 10.3 Å². The Morgan fingerprint density at radius 1 is 1.38 bits per heavy atom. The summed E-state index contributed by atoms with van der Waals surface area (Å²) in [6.07, 6.45) is 1.65. The van der Waals surface area contributed by atoms with E-state index in [1.54, 1.807) is 38.8 Å². The number of hydrogen-bond acceptors (Lipinski definition) is 5. The smallest absolute Gasteiger partial charge is 0.340 e. The van der Waals surface area contributed by atoms with E-state index < -0.39 is 5.97 Å². The highest BCUT2D eigenvalue weighted by Gasteiger charge is 2.22. The average Bonchev–Trinajstić information content (AvgIpc) is 3.15. The first-order valence-corrected chi connectivity index (χ1v) is 8.94. The molecule has 0 saturated carbocycles. The molecule has 0 atom stereocenters. The summed E-state index contributed by atoms with van der Waals surface area (Å²) in [4.78, 5) is 27.2. The second-order valence-corrected chi connectivity index (χ2v) is 6.34. The second kappa shape index (κ2) is 8.63. The summed E-state index contributed by atoms with van der Waals surface area (Å²) in [5.41, 5.74) is 2.11. The second-order valence-electron chi connectivity index (χ2n) is 5.23. The Morgan fingerprint density at radius 3 is 2.83 bits per heavy atom. The normalized spacial score (nSPS) is 10.6. The molecule has 2 aromatic rings. The van der Waals surface area contributed by atoms with Gasteiger partial charge in [-0.2, -0.15) is 11.8 Å². The fourth-order valence-corrected chi connectivity index (χ4v) is 3.14. The summed E-state index contributed by atoms with van der Waals surface area (Å²) in [5.74, 6) is 1.84. The number of rotatable bonds is 8. The Hall–Kier alpha value is -2.15. The number of ether oxygens (including phenoxy) is 1. The summed E-state index contributed by atoms with van der Waals surface area (Å²) in [6.45, 7) is 6.10. The molecule has 0 bridgehead atoms. The zero-order valence-electron chi connectivity index (χ0n) is 14.1. The highest BCUT2D eigenvalue weighted by atomic mass is 32.2. The summed E-state index contributed by atoms with van der Waals surface area (Å²) < 4.78 is 10.3. The van der Waals surface area contributed by atoms with Crippen LogP contribution in [0.2, 0.25) is 0 Å². The largest absolute Gasteiger partial charge is 0.468 e. The first kappa shape index (κ1) is 18.2. The van der Waals surface area contributed by atoms with Crippen LogP contribution in [0, 0.1) is 13.8 Å². The number of amides is 1. The van der Waals surface area contributed by atoms with Crippen LogP contribution in [-0.4, -0.2) is 35.8 Å². The number of aryl methyl sites for hydroxylation is 1. The van der Waals surface area contributed by atoms with E-state index in [1.165, 1.54) is 0 Å². The third kappa shape index (κ3) is 4.44. The molecule has 0 aliphatic carbocycles. The van der Waals surface area contributed by atoms with Gasteiger partial charge in [0, 0.05) is 18.0 Å². The first-order valence-electron chi connectivity index (χ1n) is 7.79. The van der Waals surface area contributed by atoms with Crippen LogP contribution in [0.25, 0.3) is 0 Å². The van der Waals surface area contributed by atoms with Crippen LogP contribution in [0.1, 0.15) is 44.8 Å². The van der Waals surface area contributed by atoms with Crippen LogP contribution >= 0.6 is 11.8 Å². The van der Waals surface area contributed by atoms with Gasteiger partial charge in [-0.1, -0.05) is 0 Å². The molecule has 0 aliphatic rings. The van der Waals surface area contributed by atoms with Crippen LogP contribution in [0.15, 0.2) is 22.8 Å². The first-order chi connectivity index (χ1) is 11.5. The van der Waals surface area contributed by atoms with Gasteiger partial charge in [-0.15, -0.1) is 0 Å². The van der Waals surface area contributed by atoms with Crippen molar-refractivity contribution in [3.63, 3.8) is 0 Å². The third-order valence-electron chi connectivity index (χ3n) is 3.50. The number of thioether (sulfide) groups is 1. The molecule has 0 spiro atoms. The average molecular weight is 350 g/mol. The van der Waals surface area contributed by atoms with Gasteiger partial charge in [-0.25, -0.2) is 4.79 Å². The van der Waals surface area contributed by atoms with Gasteiger partial charge in [-0.3, -0.25) is 4.79 Å². The number of carbonyl (C=O) groups is 2. The van der Waals surface area contributed by atoms with Gasteiger partial charge < -0.3 is 19.5 Å². The fraction of sp³-hybridized carbons (Fsp3) is 0.412. The van der Waals surface area contributed by atoms with E-state index in [0.717, 1.165) is 17.3 Å². The molecule has 130 valence electrons. The molecule has 24 heavy (non-hydrogen) atoms. The van der Waals surface area contributed by atoms with Crippen molar-refractivity contribution in [3.05, 3.63) is 46.7 Å². The van der Waals surface area contributed by atoms with Crippen molar-refractivity contribution < 1.29 is 18.7 Å². The topological polar surface area (TPSA) is 84.3 Å². The number of nitrogens with one attached hydrogen (secondary N) is 2. The number of carbonyl (C=O) groups excluding carboxylic acids is 2. The molecule has 0 saturated heterocycles. The van der Waals surface area contributed by atoms with Gasteiger partial charge >= 0.3 is 5.97 Å². The van der Waals surface area contributed by atoms with E-state index in [2.05, 4.69) is 10.3 Å². The van der Waals surface area contributed by atoms with E-state index >= 15 is 0 Å². The Labute approximate surface area is 145 Å². The maximum absolute atomic E-state index is 12.3. The van der Waals surface area contributed by atoms with Gasteiger partial charge in [0.25, 0.3) is 5.91 Å². The number of hydrogen-bond donors (Lipinski definition) is 2. The molecular formula is C17H22N2O4S. The Morgan fingerprint density at radius 2 is 2.17 bits per heavy atom. The monoisotopic (exact) mass is 350 g/mol. The predicted molar refractivity (Wildman–Crippen MR) is 93.4 cm³/mol. The zero-order chi connectivity index (χ0) is 17.5. The minimum Gasteiger partial charge on any atom is -0.468 e. The molecule has 0 aromatic carbocycles. The fourth-order valence-electron chi connectivity index (χ4n) is 2.38. The van der Waals surface area contributed by atoms with E-state index in [0.29, 0.717) is 35.7 Å². The number of aromatic nitrogens is 1. The Bertz CT molecular complexity index is 692. The number of furan rings is 1. The maximum atomic E-state index is 12.3. The highest BCUT2D eigenvalue weighted by Crippen LogP contribution is 2.19. The third-order valence-corrected chi connectivity index (χ3v) is 4.48. The summed E-state index contributed by atoms with van der Waals surface area (Å²) in [6, 6.07) is 3.78. The molecule has 7 heteroatoms. The van der Waals surface area contributed by atoms with Crippen molar-refractivity contribution in [1.29, 1.82) is 0 Å². The van der Waals surface area contributed by atoms with Crippen molar-refractivity contribution >= 4 is 23.6 Å². The van der Waals surface area contributed by atoms with Crippen LogP contribution in [0.5, 0.6) is 0 Å². The molecule has 1 amide bonds. The van der Waals surface area contributed by atoms with Crippen molar-refractivity contribution in [2.45, 2.75) is 26.5 Å². The minimum absolute atomic E-state index is 0.218. The summed E-state index contributed by atoms with van der Waals surface area (Å²) >= 11 is 1.68. The van der Waals surface area contributed by atoms with Crippen molar-refractivity contribution in [2.75, 3.05) is 18.9 Å². The summed E-state index contributed by atoms with van der Waals surface area (Å²) in [7, 11) is 0. The van der Waals surface area contributed by atoms with Gasteiger partial charge in [0.15, 0.2) is 0 Å². The van der Waals surface area contributed by atoms with Gasteiger partial charge in [-0.05, 0) is 38.5 Å². The van der Waals surface area contributed by atoms with Gasteiger partial charge in [0.1, 0.15) is 11.5 Å². The maximum Gasteiger partial charge on any atom is 0.340 e. The van der Waals surface area contributed by atoms with E-state index in [4.69, 9.17) is 9.15 Å². The molecule has 0 fully saturated rings. The van der Waals surface area contributed by atoms with Crippen LogP contribution in [0.3, 0.4) is 0 Å². The lowest BCUT2D eigenvalue weighted by atomic mass is 10.1. The SMILES string of the molecule is CCOC(=O)c1c(C)[nH]c(C(=O)NCCSCc2ccco2)c1C. The van der Waals surface area contributed by atoms with E-state index in [-0.39, 0.29) is 5.91 Å². The van der Waals surface area contributed by atoms with Crippen molar-refractivity contribution in [3.8, 4) is 0 Å². The standard InChI is InChI=1S/C17H22N2O4S/c1-4-22-17(21)14-11(2)15(19-12(14)3)16(20)18-7-9-24-10-13-6-5-8-23-13/h5-6,8,19H,4,7,9-10H2,1-3H3,(H,18,20). The van der Waals surface area contributed by atoms with Crippen LogP contribution in [0.4, 0.5) is 0 Å². The van der Waals surface area contributed by atoms with Gasteiger partial charge in [0.2, 0.25) is 0 Å². The molecular weight excluding hydrogens is 328 g/mol. The lowest BCUT2D eigenvalue weighted by molar-refractivity contribution is 0.0525. The quantitative estimate of drug-likeness (QED) is 0.565. The van der Waals surface area contributed by atoms with Crippen LogP contribution in [-0.2, 0) is 10.5 Å². The molecule has 0 unspecified atom stereocenters. The zero-order valence-corrected chi connectivity index (χ0v) is 14.9.